The summed E-state index contributed by atoms with van der Waals surface area (Å²) in [5.74, 6) is 4.47. The minimum atomic E-state index is -0.927. The van der Waals surface area contributed by atoms with Gasteiger partial charge in [-0.1, -0.05) is 192 Å². The number of ether oxygens (including phenoxy) is 8. The van der Waals surface area contributed by atoms with Crippen LogP contribution in [-0.4, -0.2) is 81.5 Å². The SMILES string of the molecule is CCOc1cc(Cl)cc(CCc2ccc(C(=O)O)cc2)c1OCc1ccccc1.COc1cc(COc2c(Cl)ccnc2CCc2ccc(C(C)=O)cc2)cc(OC)c1.COc1cccc(COc2c(Br)cc(Cl)cc2CCc2ccc(-c3nn[nH]n3)cc2)c1.O=C(O)c1ccc(CCc2cc(Cl)cc(Br)c2OCc2ccccc2)cc1. The third-order valence-electron chi connectivity index (χ3n) is 18.3. The number of H-pyrrole nitrogens is 1. The molecule has 18 nitrogen and oxygen atoms in total. The Hall–Kier alpha value is -11.2. The number of tetrazole rings is 1. The van der Waals surface area contributed by atoms with Crippen molar-refractivity contribution in [1.82, 2.24) is 25.6 Å². The number of aromatic amines is 1. The zero-order valence-electron chi connectivity index (χ0n) is 64.8. The molecule has 0 fully saturated rings. The highest BCUT2D eigenvalue weighted by Crippen LogP contribution is 2.39. The van der Waals surface area contributed by atoms with Crippen LogP contribution in [0.25, 0.3) is 11.4 Å². The van der Waals surface area contributed by atoms with Gasteiger partial charge in [-0.05, 0) is 248 Å². The third-order valence-corrected chi connectivity index (χ3v) is 20.4. The second-order valence-electron chi connectivity index (χ2n) is 26.5. The van der Waals surface area contributed by atoms with Crippen molar-refractivity contribution < 1.29 is 62.5 Å². The lowest BCUT2D eigenvalue weighted by atomic mass is 10.0. The van der Waals surface area contributed by atoms with E-state index in [1.54, 1.807) is 70.8 Å². The van der Waals surface area contributed by atoms with Gasteiger partial charge in [0.15, 0.2) is 23.0 Å². The van der Waals surface area contributed by atoms with Gasteiger partial charge in [0, 0.05) is 44.5 Å². The van der Waals surface area contributed by atoms with E-state index in [1.807, 2.05) is 201 Å². The Labute approximate surface area is 717 Å². The lowest BCUT2D eigenvalue weighted by Crippen LogP contribution is -2.04. The number of hydrogen-bond donors (Lipinski definition) is 3. The predicted molar refractivity (Wildman–Crippen MR) is 465 cm³/mol. The minimum absolute atomic E-state index is 0.0583. The van der Waals surface area contributed by atoms with Gasteiger partial charge in [0.1, 0.15) is 55.2 Å². The first kappa shape index (κ1) is 88.1. The van der Waals surface area contributed by atoms with Gasteiger partial charge in [0.25, 0.3) is 0 Å². The van der Waals surface area contributed by atoms with Crippen LogP contribution in [0.15, 0.2) is 258 Å². The standard InChI is InChI=1S/C24H24ClNO4.C24H23ClO4.C23H20BrClN4O2.C22H18BrClO3/c1-16(27)19-7-4-17(5-8-19)6-9-23-24(22(25)10-11-26-23)30-15-18-12-20(28-2)14-21(13-18)29-3;1-2-28-22-15-21(25)14-20(23(22)29-16-18-6-4-3-5-7-18)13-10-17-8-11-19(12-9-17)24(26)27;1-30-20-4-2-3-16(11-20)14-31-22-18(12-19(25)13-21(22)24)10-7-15-5-8-17(9-6-15)23-26-28-29-27-23;23-20-13-19(24)12-18(21(20)27-14-16-4-2-1-3-5-16)11-8-15-6-9-17(10-7-15)22(25)26/h4-5,7-8,10-14H,6,9,15H2,1-3H3;3-9,11-12,14-15H,2,10,13,16H2,1H3,(H,26,27);2-6,8-9,11-13H,7,10,14H2,1H3,(H,26,27,28,29);1-7,9-10,12-13H,8,11,14H2,(H,25,26). The van der Waals surface area contributed by atoms with Crippen LogP contribution in [0.2, 0.25) is 20.1 Å². The van der Waals surface area contributed by atoms with Crippen LogP contribution in [0.5, 0.6) is 46.0 Å². The summed E-state index contributed by atoms with van der Waals surface area (Å²) in [5, 5.41) is 34.5. The number of nitrogens with zero attached hydrogens (tertiary/aromatic N) is 4. The number of aromatic nitrogens is 5. The minimum Gasteiger partial charge on any atom is -0.497 e. The van der Waals surface area contributed by atoms with Crippen LogP contribution in [0.1, 0.15) is 112 Å². The average molecular weight is 1780 g/mol. The molecule has 2 heterocycles. The number of hydrogen-bond acceptors (Lipinski definition) is 15. The van der Waals surface area contributed by atoms with Crippen molar-refractivity contribution in [3.63, 3.8) is 0 Å². The molecule has 0 bridgehead atoms. The number of carboxylic acid groups (broad SMARTS) is 2. The number of rotatable bonds is 33. The molecule has 24 heteroatoms. The van der Waals surface area contributed by atoms with E-state index in [4.69, 9.17) is 94.5 Å². The first-order valence-electron chi connectivity index (χ1n) is 37.3. The Bertz CT molecular complexity index is 5370. The zero-order chi connectivity index (χ0) is 83.0. The summed E-state index contributed by atoms with van der Waals surface area (Å²) in [4.78, 5) is 37.9. The number of carbonyl (C=O) groups is 3. The molecule has 2 aromatic heterocycles. The number of carbonyl (C=O) groups excluding carboxylic acids is 1. The Kier molecular flexibility index (Phi) is 34.1. The van der Waals surface area contributed by atoms with Crippen LogP contribution in [-0.2, 0) is 77.8 Å². The van der Waals surface area contributed by atoms with Gasteiger partial charge in [0.05, 0.1) is 58.7 Å². The number of pyridine rings is 1. The Morgan fingerprint density at radius 1 is 0.402 bits per heavy atom. The van der Waals surface area contributed by atoms with E-state index in [0.29, 0.717) is 106 Å². The van der Waals surface area contributed by atoms with Gasteiger partial charge in [-0.15, -0.1) is 10.2 Å². The van der Waals surface area contributed by atoms with Crippen molar-refractivity contribution in [3.05, 3.63) is 361 Å². The lowest BCUT2D eigenvalue weighted by molar-refractivity contribution is 0.0686. The summed E-state index contributed by atoms with van der Waals surface area (Å²) in [6.45, 7) is 5.64. The highest BCUT2D eigenvalue weighted by atomic mass is 79.9. The first-order chi connectivity index (χ1) is 56.7. The Morgan fingerprint density at radius 3 is 1.28 bits per heavy atom. The summed E-state index contributed by atoms with van der Waals surface area (Å²) in [6, 6.07) is 75.9. The number of nitrogens with one attached hydrogen (secondary N) is 1. The van der Waals surface area contributed by atoms with E-state index in [9.17, 15) is 14.4 Å². The fourth-order valence-corrected chi connectivity index (χ4v) is 14.6. The number of carboxylic acids is 2. The molecule has 0 aliphatic carbocycles. The summed E-state index contributed by atoms with van der Waals surface area (Å²) in [5.41, 5.74) is 14.5. The molecule has 0 atom stereocenters. The average Bonchev–Trinajstić information content (AvgIpc) is 1.38. The van der Waals surface area contributed by atoms with Gasteiger partial charge in [0.2, 0.25) is 5.82 Å². The molecule has 602 valence electrons. The van der Waals surface area contributed by atoms with E-state index in [2.05, 4.69) is 69.6 Å². The summed E-state index contributed by atoms with van der Waals surface area (Å²) in [6.07, 6.45) is 7.64. The lowest BCUT2D eigenvalue weighted by Gasteiger charge is -2.17. The second-order valence-corrected chi connectivity index (χ2v) is 30.0. The van der Waals surface area contributed by atoms with Gasteiger partial charge in [-0.3, -0.25) is 9.78 Å². The summed E-state index contributed by atoms with van der Waals surface area (Å²) < 4.78 is 47.8. The number of ketones is 1. The molecule has 0 spiro atoms. The second kappa shape index (κ2) is 45.3. The number of halogens is 6. The van der Waals surface area contributed by atoms with Crippen molar-refractivity contribution in [2.75, 3.05) is 27.9 Å². The van der Waals surface area contributed by atoms with E-state index >= 15 is 0 Å². The van der Waals surface area contributed by atoms with Crippen LogP contribution in [0, 0.1) is 0 Å². The number of Topliss-reactive ketones (excluding diaryl/α,β-unsaturated/α-hetero) is 1. The molecule has 0 saturated carbocycles. The highest BCUT2D eigenvalue weighted by molar-refractivity contribution is 9.11. The van der Waals surface area contributed by atoms with Crippen LogP contribution in [0.4, 0.5) is 0 Å². The van der Waals surface area contributed by atoms with Crippen molar-refractivity contribution in [3.8, 4) is 57.4 Å². The topological polar surface area (TPSA) is 233 Å². The monoisotopic (exact) mass is 1780 g/mol. The molecule has 0 aliphatic heterocycles. The third kappa shape index (κ3) is 27.5. The highest BCUT2D eigenvalue weighted by Gasteiger charge is 2.19. The molecular weight excluding hydrogens is 1700 g/mol. The van der Waals surface area contributed by atoms with Crippen LogP contribution < -0.4 is 37.9 Å². The molecule has 0 aliphatic rings. The maximum absolute atomic E-state index is 11.4. The maximum Gasteiger partial charge on any atom is 0.335 e. The zero-order valence-corrected chi connectivity index (χ0v) is 71.0. The molecule has 13 rings (SSSR count). The molecule has 0 radical (unpaired) electrons. The molecule has 0 saturated heterocycles. The van der Waals surface area contributed by atoms with Gasteiger partial charge in [-0.2, -0.15) is 5.21 Å². The van der Waals surface area contributed by atoms with E-state index in [-0.39, 0.29) is 16.9 Å². The number of aromatic carboxylic acids is 2. The number of methoxy groups -OCH3 is 3. The Morgan fingerprint density at radius 2 is 0.821 bits per heavy atom. The quantitative estimate of drug-likeness (QED) is 0.0324. The normalized spacial score (nSPS) is 10.6. The predicted octanol–water partition coefficient (Wildman–Crippen LogP) is 22.9. The van der Waals surface area contributed by atoms with Crippen molar-refractivity contribution >= 4 is 96.0 Å². The van der Waals surface area contributed by atoms with Crippen molar-refractivity contribution in [1.29, 1.82) is 0 Å². The van der Waals surface area contributed by atoms with Gasteiger partial charge >= 0.3 is 11.9 Å². The van der Waals surface area contributed by atoms with E-state index in [0.717, 1.165) is 132 Å². The van der Waals surface area contributed by atoms with E-state index < -0.39 is 11.9 Å². The molecule has 13 aromatic rings. The fourth-order valence-electron chi connectivity index (χ4n) is 12.2. The summed E-state index contributed by atoms with van der Waals surface area (Å²) in [7, 11) is 4.87. The largest absolute Gasteiger partial charge is 0.497 e. The molecule has 0 amide bonds. The molecular formula is C93H85Br2Cl4N5O13. The first-order valence-corrected chi connectivity index (χ1v) is 40.4. The van der Waals surface area contributed by atoms with Gasteiger partial charge in [-0.25, -0.2) is 9.59 Å². The molecule has 117 heavy (non-hydrogen) atoms. The maximum atomic E-state index is 11.4. The number of aryl methyl sites for hydroxylation is 8. The van der Waals surface area contributed by atoms with Crippen LogP contribution in [0.3, 0.4) is 0 Å². The molecule has 3 N–H and O–H groups in total. The molecule has 0 unspecified atom stereocenters. The fraction of sp³-hybridized carbons (Fsp3) is 0.194. The smallest absolute Gasteiger partial charge is 0.335 e. The Balaban J connectivity index is 0.000000165. The summed E-state index contributed by atoms with van der Waals surface area (Å²) >= 11 is 32.4. The van der Waals surface area contributed by atoms with Crippen LogP contribution >= 0.6 is 78.3 Å². The van der Waals surface area contributed by atoms with Crippen molar-refractivity contribution in [2.45, 2.75) is 91.6 Å². The number of benzene rings is 11. The molecule has 11 aromatic carbocycles. The van der Waals surface area contributed by atoms with Crippen molar-refractivity contribution in [2.24, 2.45) is 0 Å². The van der Waals surface area contributed by atoms with Gasteiger partial charge < -0.3 is 48.1 Å². The van der Waals surface area contributed by atoms with E-state index in [1.165, 1.54) is 5.56 Å².